The van der Waals surface area contributed by atoms with E-state index in [-0.39, 0.29) is 24.6 Å². The van der Waals surface area contributed by atoms with E-state index < -0.39 is 15.8 Å². The zero-order chi connectivity index (χ0) is 21.0. The molecule has 0 atom stereocenters. The van der Waals surface area contributed by atoms with Crippen LogP contribution in [-0.2, 0) is 27.9 Å². The van der Waals surface area contributed by atoms with Gasteiger partial charge < -0.3 is 14.4 Å². The second kappa shape index (κ2) is 9.43. The summed E-state index contributed by atoms with van der Waals surface area (Å²) in [6.07, 6.45) is 2.53. The molecule has 1 saturated heterocycles. The first kappa shape index (κ1) is 21.2. The quantitative estimate of drug-likeness (QED) is 0.627. The first-order valence-corrected chi connectivity index (χ1v) is 11.8. The standard InChI is InChI=1S/C22H27FN2O4S/c23-20-4-6-21(7-5-20)30(26,27)25-12-14-29-22-8-3-18(15-19(22)16-25)17-28-13-11-24-9-1-2-10-24/h3-8,15H,1-2,9-14,16-17H2. The van der Waals surface area contributed by atoms with Crippen molar-refractivity contribution in [3.8, 4) is 5.75 Å². The minimum Gasteiger partial charge on any atom is -0.492 e. The van der Waals surface area contributed by atoms with Crippen LogP contribution < -0.4 is 4.74 Å². The summed E-state index contributed by atoms with van der Waals surface area (Å²) in [6.45, 7) is 5.10. The molecular formula is C22H27FN2O4S. The van der Waals surface area contributed by atoms with E-state index >= 15 is 0 Å². The maximum Gasteiger partial charge on any atom is 0.243 e. The number of benzene rings is 2. The van der Waals surface area contributed by atoms with Crippen LogP contribution in [0.1, 0.15) is 24.0 Å². The highest BCUT2D eigenvalue weighted by atomic mass is 32.2. The number of sulfonamides is 1. The minimum atomic E-state index is -3.74. The number of nitrogens with zero attached hydrogens (tertiary/aromatic N) is 2. The predicted molar refractivity (Wildman–Crippen MR) is 111 cm³/mol. The Labute approximate surface area is 177 Å². The van der Waals surface area contributed by atoms with E-state index in [4.69, 9.17) is 9.47 Å². The first-order chi connectivity index (χ1) is 14.5. The fourth-order valence-electron chi connectivity index (χ4n) is 3.86. The molecule has 6 nitrogen and oxygen atoms in total. The van der Waals surface area contributed by atoms with Gasteiger partial charge in [-0.2, -0.15) is 4.31 Å². The Bertz CT molecular complexity index is 960. The molecule has 4 rings (SSSR count). The van der Waals surface area contributed by atoms with Crippen LogP contribution in [0.5, 0.6) is 5.75 Å². The number of halogens is 1. The zero-order valence-electron chi connectivity index (χ0n) is 16.9. The lowest BCUT2D eigenvalue weighted by Gasteiger charge is -2.19. The van der Waals surface area contributed by atoms with Gasteiger partial charge in [0.05, 0.1) is 18.1 Å². The molecule has 0 radical (unpaired) electrons. The Morgan fingerprint density at radius 2 is 1.80 bits per heavy atom. The van der Waals surface area contributed by atoms with Crippen LogP contribution in [0.15, 0.2) is 47.4 Å². The zero-order valence-corrected chi connectivity index (χ0v) is 17.7. The smallest absolute Gasteiger partial charge is 0.243 e. The van der Waals surface area contributed by atoms with E-state index in [0.717, 1.165) is 42.9 Å². The Kier molecular flexibility index (Phi) is 6.67. The number of ether oxygens (including phenoxy) is 2. The van der Waals surface area contributed by atoms with Gasteiger partial charge in [0.2, 0.25) is 10.0 Å². The highest BCUT2D eigenvalue weighted by molar-refractivity contribution is 7.89. The van der Waals surface area contributed by atoms with Gasteiger partial charge in [0.25, 0.3) is 0 Å². The van der Waals surface area contributed by atoms with E-state index in [1.165, 1.54) is 29.3 Å². The van der Waals surface area contributed by atoms with Crippen molar-refractivity contribution in [1.29, 1.82) is 0 Å². The molecular weight excluding hydrogens is 407 g/mol. The van der Waals surface area contributed by atoms with Crippen LogP contribution in [0.3, 0.4) is 0 Å². The highest BCUT2D eigenvalue weighted by Crippen LogP contribution is 2.28. The van der Waals surface area contributed by atoms with E-state index in [2.05, 4.69) is 4.90 Å². The van der Waals surface area contributed by atoms with E-state index in [9.17, 15) is 12.8 Å². The molecule has 0 saturated carbocycles. The summed E-state index contributed by atoms with van der Waals surface area (Å²) in [5, 5.41) is 0. The Balaban J connectivity index is 1.42. The number of likely N-dealkylation sites (tertiary alicyclic amines) is 1. The predicted octanol–water partition coefficient (Wildman–Crippen LogP) is 3.02. The van der Waals surface area contributed by atoms with Crippen molar-refractivity contribution < 1.29 is 22.3 Å². The third-order valence-corrected chi connectivity index (χ3v) is 7.40. The number of hydrogen-bond donors (Lipinski definition) is 0. The first-order valence-electron chi connectivity index (χ1n) is 10.3. The Hall–Kier alpha value is -2.00. The molecule has 2 heterocycles. The summed E-state index contributed by atoms with van der Waals surface area (Å²) in [4.78, 5) is 2.48. The molecule has 0 aliphatic carbocycles. The van der Waals surface area contributed by atoms with E-state index in [1.54, 1.807) is 0 Å². The fourth-order valence-corrected chi connectivity index (χ4v) is 5.27. The highest BCUT2D eigenvalue weighted by Gasteiger charge is 2.28. The molecule has 0 N–H and O–H groups in total. The van der Waals surface area contributed by atoms with Crippen LogP contribution in [0.25, 0.3) is 0 Å². The average Bonchev–Trinajstić information content (AvgIpc) is 3.16. The van der Waals surface area contributed by atoms with Crippen molar-refractivity contribution in [2.45, 2.75) is 30.9 Å². The van der Waals surface area contributed by atoms with Crippen molar-refractivity contribution in [3.05, 3.63) is 59.4 Å². The van der Waals surface area contributed by atoms with Crippen molar-refractivity contribution in [3.63, 3.8) is 0 Å². The number of rotatable bonds is 7. The molecule has 2 aliphatic rings. The van der Waals surface area contributed by atoms with Gasteiger partial charge >= 0.3 is 0 Å². The summed E-state index contributed by atoms with van der Waals surface area (Å²) in [5.41, 5.74) is 1.79. The van der Waals surface area contributed by atoms with Gasteiger partial charge in [-0.05, 0) is 67.9 Å². The molecule has 2 aromatic carbocycles. The molecule has 2 aromatic rings. The summed E-state index contributed by atoms with van der Waals surface area (Å²) < 4.78 is 52.2. The van der Waals surface area contributed by atoms with Crippen molar-refractivity contribution in [1.82, 2.24) is 9.21 Å². The summed E-state index contributed by atoms with van der Waals surface area (Å²) in [6, 6.07) is 10.7. The number of hydrogen-bond acceptors (Lipinski definition) is 5. The van der Waals surface area contributed by atoms with Gasteiger partial charge in [-0.3, -0.25) is 0 Å². The van der Waals surface area contributed by atoms with Crippen molar-refractivity contribution in [2.75, 3.05) is 39.4 Å². The molecule has 1 fully saturated rings. The van der Waals surface area contributed by atoms with Crippen molar-refractivity contribution >= 4 is 10.0 Å². The monoisotopic (exact) mass is 434 g/mol. The molecule has 0 unspecified atom stereocenters. The van der Waals surface area contributed by atoms with Gasteiger partial charge in [0.1, 0.15) is 18.2 Å². The van der Waals surface area contributed by atoms with Gasteiger partial charge in [0, 0.05) is 25.2 Å². The third kappa shape index (κ3) is 5.00. The summed E-state index contributed by atoms with van der Waals surface area (Å²) in [7, 11) is -3.74. The van der Waals surface area contributed by atoms with Gasteiger partial charge in [-0.15, -0.1) is 0 Å². The second-order valence-electron chi connectivity index (χ2n) is 7.68. The SMILES string of the molecule is O=S(=O)(c1ccc(F)cc1)N1CCOc2ccc(COCCN3CCCC3)cc2C1. The molecule has 2 aliphatic heterocycles. The van der Waals surface area contributed by atoms with Crippen LogP contribution in [0.2, 0.25) is 0 Å². The molecule has 0 amide bonds. The molecule has 8 heteroatoms. The summed E-state index contributed by atoms with van der Waals surface area (Å²) in [5.74, 6) is 0.223. The molecule has 162 valence electrons. The fraction of sp³-hybridized carbons (Fsp3) is 0.455. The van der Waals surface area contributed by atoms with Gasteiger partial charge in [-0.25, -0.2) is 12.8 Å². The lowest BCUT2D eigenvalue weighted by atomic mass is 10.1. The average molecular weight is 435 g/mol. The molecule has 0 bridgehead atoms. The molecule has 30 heavy (non-hydrogen) atoms. The Morgan fingerprint density at radius 1 is 1.03 bits per heavy atom. The van der Waals surface area contributed by atoms with E-state index in [0.29, 0.717) is 19.0 Å². The topological polar surface area (TPSA) is 59.1 Å². The maximum absolute atomic E-state index is 13.2. The third-order valence-electron chi connectivity index (χ3n) is 5.54. The maximum atomic E-state index is 13.2. The largest absolute Gasteiger partial charge is 0.492 e. The normalized spacial score (nSPS) is 18.0. The lowest BCUT2D eigenvalue weighted by Crippen LogP contribution is -2.32. The van der Waals surface area contributed by atoms with Gasteiger partial charge in [-0.1, -0.05) is 6.07 Å². The lowest BCUT2D eigenvalue weighted by molar-refractivity contribution is 0.0992. The van der Waals surface area contributed by atoms with E-state index in [1.807, 2.05) is 18.2 Å². The van der Waals surface area contributed by atoms with Gasteiger partial charge in [0.15, 0.2) is 0 Å². The Morgan fingerprint density at radius 3 is 2.57 bits per heavy atom. The van der Waals surface area contributed by atoms with Crippen LogP contribution in [-0.4, -0.2) is 57.0 Å². The number of fused-ring (bicyclic) bond motifs is 1. The minimum absolute atomic E-state index is 0.0775. The molecule has 0 spiro atoms. The van der Waals surface area contributed by atoms with Crippen LogP contribution in [0.4, 0.5) is 4.39 Å². The summed E-state index contributed by atoms with van der Waals surface area (Å²) >= 11 is 0. The van der Waals surface area contributed by atoms with Crippen LogP contribution in [0, 0.1) is 5.82 Å². The van der Waals surface area contributed by atoms with Crippen LogP contribution >= 0.6 is 0 Å². The molecule has 0 aromatic heterocycles. The van der Waals surface area contributed by atoms with Crippen molar-refractivity contribution in [2.24, 2.45) is 0 Å². The second-order valence-corrected chi connectivity index (χ2v) is 9.62.